The Kier molecular flexibility index (Phi) is 10.3. The monoisotopic (exact) mass is 1450 g/mol. The molecule has 21 aromatic rings. The van der Waals surface area contributed by atoms with E-state index >= 15 is 0 Å². The number of furan rings is 1. The summed E-state index contributed by atoms with van der Waals surface area (Å²) in [5.41, 5.74) is 23.3. The van der Waals surface area contributed by atoms with E-state index in [1.165, 1.54) is 45.7 Å². The summed E-state index contributed by atoms with van der Waals surface area (Å²) >= 11 is 1.81. The quantitative estimate of drug-likeness (QED) is 0.142. The van der Waals surface area contributed by atoms with Gasteiger partial charge in [0.2, 0.25) is 49.9 Å². The van der Waals surface area contributed by atoms with Gasteiger partial charge in [0.15, 0.2) is 11.1 Å². The van der Waals surface area contributed by atoms with Crippen LogP contribution >= 0.6 is 11.3 Å². The number of rotatable bonds is 1. The number of imidazole rings is 5. The lowest BCUT2D eigenvalue weighted by Gasteiger charge is -2.03. The Morgan fingerprint density at radius 1 is 0.370 bits per heavy atom. The van der Waals surface area contributed by atoms with Crippen molar-refractivity contribution in [3.63, 3.8) is 0 Å². The molecule has 0 N–H and O–H groups in total. The topological polar surface area (TPSA) is 201 Å². The van der Waals surface area contributed by atoms with Gasteiger partial charge in [0.05, 0.1) is 122 Å². The Bertz CT molecular complexity index is 8050. The summed E-state index contributed by atoms with van der Waals surface area (Å²) in [5, 5.41) is 0. The maximum absolute atomic E-state index is 8.35. The summed E-state index contributed by atoms with van der Waals surface area (Å²) in [6.45, 7) is -9.08. The Morgan fingerprint density at radius 2 is 0.769 bits per heavy atom. The van der Waals surface area contributed by atoms with Gasteiger partial charge in [-0.05, 0) is 103 Å². The summed E-state index contributed by atoms with van der Waals surface area (Å²) in [7, 11) is 4.02. The number of hydrogen-bond acceptors (Lipinski definition) is 12. The van der Waals surface area contributed by atoms with Crippen molar-refractivity contribution in [2.45, 2.75) is 32.7 Å². The Labute approximate surface area is 638 Å². The Balaban J connectivity index is 0.0000000921. The first-order chi connectivity index (χ1) is 59.1. The standard InChI is InChI=1S/C21H16N5.2C16H14N5.C15H11N4O.C15H11N4S/c1-24-20-16-9-11-22-12-14(16)13-25(20)19-18-17(8-5-10-23-18)26(21(19)24)15-6-3-2-4-7-15;2*1-19-12-4-3-6-18-13(12)14-16(19)20(2)15-11-5-7-17-8-10(11)9-21(14)15;2*1-18-14-10-4-6-16-7-9(10)8-19(14)13-12-11(20-15(13)18)3-2-5-17-12/h2-12H,13H2,1H3;2*3-8H,9H2,1-2H3;2*2-7H,8H2,1H3/q5*+1/i1D3;1D3,2D3;2D3;1D3;. The molecule has 0 fully saturated rings. The first-order valence-electron chi connectivity index (χ1n) is 42.2. The molecule has 5 aliphatic heterocycles. The summed E-state index contributed by atoms with van der Waals surface area (Å²) in [4.78, 5) is 44.7. The molecule has 24 nitrogen and oxygen atoms in total. The van der Waals surface area contributed by atoms with Gasteiger partial charge >= 0.3 is 5.71 Å². The van der Waals surface area contributed by atoms with Gasteiger partial charge < -0.3 is 4.42 Å². The van der Waals surface area contributed by atoms with E-state index in [1.54, 1.807) is 98.5 Å². The van der Waals surface area contributed by atoms with Crippen LogP contribution in [0.15, 0.2) is 219 Å². The number of nitrogens with zero attached hydrogens (tertiary/aromatic N) is 23. The molecule has 1 aromatic carbocycles. The maximum Gasteiger partial charge on any atom is 0.340 e. The van der Waals surface area contributed by atoms with Crippen molar-refractivity contribution >= 4 is 121 Å². The molecule has 0 saturated carbocycles. The van der Waals surface area contributed by atoms with Crippen molar-refractivity contribution in [3.8, 4) is 62.6 Å². The van der Waals surface area contributed by atoms with Gasteiger partial charge in [0.25, 0.3) is 28.6 Å². The van der Waals surface area contributed by atoms with Crippen LogP contribution in [-0.2, 0) is 81.7 Å². The molecular formula is C83H66N23OS+5. The van der Waals surface area contributed by atoms with Gasteiger partial charge in [0, 0.05) is 121 Å². The van der Waals surface area contributed by atoms with E-state index in [-0.39, 0.29) is 5.65 Å². The van der Waals surface area contributed by atoms with Crippen molar-refractivity contribution in [2.75, 3.05) is 0 Å². The van der Waals surface area contributed by atoms with Crippen LogP contribution < -0.4 is 22.8 Å². The highest BCUT2D eigenvalue weighted by molar-refractivity contribution is 7.25. The van der Waals surface area contributed by atoms with E-state index in [0.29, 0.717) is 99.7 Å². The minimum atomic E-state index is -2.57. The Morgan fingerprint density at radius 3 is 1.28 bits per heavy atom. The molecular weight excluding hydrogens is 1370 g/mol. The second-order valence-corrected chi connectivity index (χ2v) is 28.1. The fourth-order valence-corrected chi connectivity index (χ4v) is 18.0. The van der Waals surface area contributed by atoms with E-state index in [4.69, 9.17) is 25.0 Å². The lowest BCUT2D eigenvalue weighted by Crippen LogP contribution is -2.31. The highest BCUT2D eigenvalue weighted by atomic mass is 32.1. The molecule has 0 radical (unpaired) electrons. The van der Waals surface area contributed by atoms with Gasteiger partial charge in [0.1, 0.15) is 57.4 Å². The number of para-hydroxylation sites is 1. The molecule has 25 heterocycles. The highest BCUT2D eigenvalue weighted by Gasteiger charge is 2.41. The number of benzene rings is 1. The maximum atomic E-state index is 8.35. The molecule has 0 atom stereocenters. The van der Waals surface area contributed by atoms with E-state index in [9.17, 15) is 0 Å². The number of pyridine rings is 10. The van der Waals surface area contributed by atoms with Crippen molar-refractivity contribution in [1.29, 1.82) is 0 Å². The second-order valence-electron chi connectivity index (χ2n) is 27.0. The summed E-state index contributed by atoms with van der Waals surface area (Å²) in [6.07, 6.45) is 26.2. The molecule has 0 unspecified atom stereocenters. The van der Waals surface area contributed by atoms with E-state index in [2.05, 4.69) is 82.7 Å². The minimum Gasteiger partial charge on any atom is -0.417 e. The van der Waals surface area contributed by atoms with E-state index in [1.807, 2.05) is 145 Å². The number of fused-ring (bicyclic) bond motifs is 35. The number of thiophene rings is 1. The molecule has 25 heteroatoms. The van der Waals surface area contributed by atoms with Gasteiger partial charge in [-0.15, -0.1) is 0 Å². The van der Waals surface area contributed by atoms with Crippen molar-refractivity contribution in [1.82, 2.24) is 86.4 Å². The van der Waals surface area contributed by atoms with Crippen molar-refractivity contribution < 1.29 is 47.8 Å². The molecule has 20 aromatic heterocycles. The minimum absolute atomic E-state index is 0.126. The largest absolute Gasteiger partial charge is 0.417 e. The number of aryl methyl sites for hydroxylation is 7. The molecule has 0 aliphatic carbocycles. The van der Waals surface area contributed by atoms with Crippen LogP contribution in [0.3, 0.4) is 0 Å². The molecule has 5 aliphatic rings. The average Bonchev–Trinajstić information content (AvgIpc) is 2.16. The van der Waals surface area contributed by atoms with E-state index < -0.39 is 34.9 Å². The third kappa shape index (κ3) is 8.51. The summed E-state index contributed by atoms with van der Waals surface area (Å²) in [5.74, 6) is 3.69. The fourth-order valence-electron chi connectivity index (χ4n) is 16.9. The lowest BCUT2D eigenvalue weighted by molar-refractivity contribution is -0.640. The van der Waals surface area contributed by atoms with Gasteiger partial charge in [-0.25, -0.2) is 65.6 Å². The third-order valence-corrected chi connectivity index (χ3v) is 22.6. The predicted molar refractivity (Wildman–Crippen MR) is 411 cm³/mol. The highest BCUT2D eigenvalue weighted by Crippen LogP contribution is 2.43. The van der Waals surface area contributed by atoms with E-state index in [0.717, 1.165) is 104 Å². The number of aromatic nitrogens is 23. The van der Waals surface area contributed by atoms with Crippen LogP contribution in [-0.4, -0.2) is 86.4 Å². The first-order valence-corrected chi connectivity index (χ1v) is 35.5. The lowest BCUT2D eigenvalue weighted by atomic mass is 10.2. The molecule has 26 rings (SSSR count). The molecule has 520 valence electrons. The first kappa shape index (κ1) is 48.3. The van der Waals surface area contributed by atoms with Crippen LogP contribution in [0.25, 0.3) is 172 Å². The zero-order chi connectivity index (χ0) is 84.6. The average molecular weight is 1450 g/mol. The second kappa shape index (κ2) is 23.1. The van der Waals surface area contributed by atoms with Gasteiger partial charge in [-0.3, -0.25) is 39.0 Å². The predicted octanol–water partition coefficient (Wildman–Crippen LogP) is 11.3. The van der Waals surface area contributed by atoms with Crippen molar-refractivity contribution in [2.24, 2.45) is 49.0 Å². The molecule has 0 amide bonds. The molecule has 108 heavy (non-hydrogen) atoms. The smallest absolute Gasteiger partial charge is 0.340 e. The zero-order valence-corrected chi connectivity index (χ0v) is 58.2. The fraction of sp³-hybridized carbons (Fsp3) is 0.145. The van der Waals surface area contributed by atoms with Crippen molar-refractivity contribution in [3.05, 3.63) is 242 Å². The summed E-state index contributed by atoms with van der Waals surface area (Å²) in [6, 6.07) is 38.0. The Hall–Kier alpha value is -13.8. The van der Waals surface area contributed by atoms with Crippen LogP contribution in [0.5, 0.6) is 0 Å². The van der Waals surface area contributed by atoms with Gasteiger partial charge in [-0.2, -0.15) is 4.57 Å². The van der Waals surface area contributed by atoms with Crippen LogP contribution in [0.1, 0.15) is 48.4 Å². The third-order valence-electron chi connectivity index (χ3n) is 21.4. The van der Waals surface area contributed by atoms with Gasteiger partial charge in [-0.1, -0.05) is 29.5 Å². The normalized spacial score (nSPS) is 15.6. The van der Waals surface area contributed by atoms with Crippen LogP contribution in [0.4, 0.5) is 0 Å². The SMILES string of the molecule is C[n+]1c2n(c3c4ncccc4sc31)Cc1cnccc1-2.[2H]C([2H])([2H])[n+]1c2n(c3c4ncccc4n(-c4ccccc4)c31)Cc1cnccc1-2.[2H]C([2H])([2H])[n+]1c2n(c3c4ncccc4n(C)c31)Cc1cnccc1-2.[2H]C([2H])([2H])[n+]1c2n(c3c4ncccc4oc31)Cc1cnccc1-2.[2H]C([2H])([2H])n1c2cccnc2c2c1[n+](C([2H])([2H])[2H])c1n2Cc2cnccc2-1. The van der Waals surface area contributed by atoms with Crippen LogP contribution in [0, 0.1) is 0 Å². The molecule has 0 bridgehead atoms. The summed E-state index contributed by atoms with van der Waals surface area (Å²) < 4.78 is 151. The van der Waals surface area contributed by atoms with Crippen LogP contribution in [0.2, 0.25) is 0 Å². The zero-order valence-electron chi connectivity index (χ0n) is 72.3. The molecule has 0 spiro atoms. The number of hydrogen-bond donors (Lipinski definition) is 0. The molecule has 0 saturated heterocycles.